The van der Waals surface area contributed by atoms with Crippen molar-refractivity contribution in [3.05, 3.63) is 23.1 Å². The molecule has 1 N–H and O–H groups in total. The molecule has 0 aromatic rings. The summed E-state index contributed by atoms with van der Waals surface area (Å²) in [5, 5.41) is 8.28. The molecule has 0 amide bonds. The van der Waals surface area contributed by atoms with Gasteiger partial charge in [-0.15, -0.1) is 0 Å². The number of hydrogen-bond donors (Lipinski definition) is 1. The standard InChI is InChI=1S/C7H2O2/c8-7(9)6-4-2-1-3-5-6/h1H,(H,8,9). The summed E-state index contributed by atoms with van der Waals surface area (Å²) in [6.07, 6.45) is 1.42. The van der Waals surface area contributed by atoms with E-state index in [0.29, 0.717) is 0 Å². The van der Waals surface area contributed by atoms with E-state index < -0.39 is 5.97 Å². The van der Waals surface area contributed by atoms with Crippen LogP contribution in [0.3, 0.4) is 0 Å². The second-order valence-electron chi connectivity index (χ2n) is 1.36. The number of rotatable bonds is 1. The molecule has 0 spiro atoms. The lowest BCUT2D eigenvalue weighted by Gasteiger charge is -1.82. The van der Waals surface area contributed by atoms with Crippen molar-refractivity contribution in [1.29, 1.82) is 0 Å². The molecule has 0 saturated heterocycles. The molecule has 0 saturated carbocycles. The smallest absolute Gasteiger partial charge is 0.352 e. The van der Waals surface area contributed by atoms with Crippen molar-refractivity contribution in [2.45, 2.75) is 0 Å². The van der Waals surface area contributed by atoms with Gasteiger partial charge in [0, 0.05) is 6.08 Å². The molecule has 1 rings (SSSR count). The lowest BCUT2D eigenvalue weighted by molar-refractivity contribution is -0.132. The number of aliphatic carboxylic acids is 1. The van der Waals surface area contributed by atoms with Gasteiger partial charge in [-0.1, -0.05) is 11.7 Å². The summed E-state index contributed by atoms with van der Waals surface area (Å²) in [5.41, 5.74) is 4.78. The predicted octanol–water partition coefficient (Wildman–Crippen LogP) is 0.325. The maximum absolute atomic E-state index is 10.1. The van der Waals surface area contributed by atoms with Crippen LogP contribution < -0.4 is 0 Å². The fourth-order valence-electron chi connectivity index (χ4n) is 0.391. The maximum Gasteiger partial charge on any atom is 0.352 e. The van der Waals surface area contributed by atoms with Crippen LogP contribution in [0.1, 0.15) is 0 Å². The van der Waals surface area contributed by atoms with E-state index in [4.69, 9.17) is 5.11 Å². The average Bonchev–Trinajstić information content (AvgIpc) is 1.90. The normalized spacial score (nSPS) is 11.8. The van der Waals surface area contributed by atoms with E-state index in [1.165, 1.54) is 6.08 Å². The second kappa shape index (κ2) is 2.07. The Kier molecular flexibility index (Phi) is 1.25. The van der Waals surface area contributed by atoms with Gasteiger partial charge >= 0.3 is 5.97 Å². The van der Waals surface area contributed by atoms with Crippen LogP contribution in [0.5, 0.6) is 0 Å². The molecule has 0 radical (unpaired) electrons. The van der Waals surface area contributed by atoms with Gasteiger partial charge < -0.3 is 5.11 Å². The molecule has 0 aromatic heterocycles. The first kappa shape index (κ1) is 5.47. The number of carboxylic acid groups (broad SMARTS) is 1. The van der Waals surface area contributed by atoms with Crippen LogP contribution >= 0.6 is 0 Å². The van der Waals surface area contributed by atoms with Crippen molar-refractivity contribution in [3.63, 3.8) is 0 Å². The molecule has 2 nitrogen and oxygen atoms in total. The number of carboxylic acids is 1. The lowest BCUT2D eigenvalue weighted by Crippen LogP contribution is -1.96. The van der Waals surface area contributed by atoms with Crippen LogP contribution in [0.2, 0.25) is 0 Å². The van der Waals surface area contributed by atoms with Crippen molar-refractivity contribution in [3.8, 4) is 11.8 Å². The van der Waals surface area contributed by atoms with Gasteiger partial charge in [-0.3, -0.25) is 0 Å². The fourth-order valence-corrected chi connectivity index (χ4v) is 0.391. The minimum absolute atomic E-state index is 0.0301. The summed E-state index contributed by atoms with van der Waals surface area (Å²) in [4.78, 5) is 10.1. The molecule has 1 aliphatic carbocycles. The Morgan fingerprint density at radius 1 is 1.67 bits per heavy atom. The van der Waals surface area contributed by atoms with Gasteiger partial charge in [0.1, 0.15) is 0 Å². The first-order valence-electron chi connectivity index (χ1n) is 2.26. The third kappa shape index (κ3) is 1.11. The monoisotopic (exact) mass is 118 g/mol. The highest BCUT2D eigenvalue weighted by Gasteiger charge is 2.00. The van der Waals surface area contributed by atoms with Crippen LogP contribution in [0.15, 0.2) is 23.1 Å². The van der Waals surface area contributed by atoms with Crippen LogP contribution in [-0.2, 0) is 4.79 Å². The molecule has 42 valence electrons. The zero-order chi connectivity index (χ0) is 6.69. The van der Waals surface area contributed by atoms with Gasteiger partial charge in [0.25, 0.3) is 0 Å². The SMILES string of the molecule is O=C(O)C1=C=C=CC#C1. The Morgan fingerprint density at radius 3 is 2.78 bits per heavy atom. The van der Waals surface area contributed by atoms with Gasteiger partial charge in [-0.25, -0.2) is 4.79 Å². The van der Waals surface area contributed by atoms with E-state index >= 15 is 0 Å². The Hall–Kier alpha value is -1.67. The molecular weight excluding hydrogens is 116 g/mol. The second-order valence-corrected chi connectivity index (χ2v) is 1.36. The highest BCUT2D eigenvalue weighted by atomic mass is 16.4. The minimum Gasteiger partial charge on any atom is -0.477 e. The molecule has 0 heterocycles. The van der Waals surface area contributed by atoms with E-state index in [-0.39, 0.29) is 5.57 Å². The summed E-state index contributed by atoms with van der Waals surface area (Å²) >= 11 is 0. The van der Waals surface area contributed by atoms with Crippen molar-refractivity contribution in [2.24, 2.45) is 0 Å². The van der Waals surface area contributed by atoms with Crippen molar-refractivity contribution in [2.75, 3.05) is 0 Å². The van der Waals surface area contributed by atoms with Crippen LogP contribution in [-0.4, -0.2) is 11.1 Å². The van der Waals surface area contributed by atoms with E-state index in [0.717, 1.165) is 0 Å². The van der Waals surface area contributed by atoms with E-state index in [2.05, 4.69) is 23.3 Å². The molecule has 2 heteroatoms. The zero-order valence-corrected chi connectivity index (χ0v) is 4.43. The Morgan fingerprint density at radius 2 is 2.44 bits per heavy atom. The van der Waals surface area contributed by atoms with E-state index in [1.807, 2.05) is 0 Å². The van der Waals surface area contributed by atoms with Gasteiger partial charge in [0.15, 0.2) is 5.57 Å². The summed E-state index contributed by atoms with van der Waals surface area (Å²) in [7, 11) is 0. The molecule has 0 aliphatic heterocycles. The van der Waals surface area contributed by atoms with Crippen molar-refractivity contribution in [1.82, 2.24) is 0 Å². The van der Waals surface area contributed by atoms with Gasteiger partial charge in [0.05, 0.1) is 0 Å². The molecule has 0 atom stereocenters. The summed E-state index contributed by atoms with van der Waals surface area (Å²) < 4.78 is 0. The Balaban J connectivity index is 3.15. The number of carbonyl (C=O) groups is 1. The quantitative estimate of drug-likeness (QED) is 0.397. The van der Waals surface area contributed by atoms with Gasteiger partial charge in [-0.2, -0.15) is 0 Å². The van der Waals surface area contributed by atoms with E-state index in [1.54, 1.807) is 0 Å². The predicted molar refractivity (Wildman–Crippen MR) is 30.5 cm³/mol. The van der Waals surface area contributed by atoms with Gasteiger partial charge in [-0.05, 0) is 11.7 Å². The summed E-state index contributed by atoms with van der Waals surface area (Å²) in [6.45, 7) is 0. The van der Waals surface area contributed by atoms with Crippen molar-refractivity contribution < 1.29 is 9.90 Å². The number of allylic oxidation sites excluding steroid dienone is 1. The van der Waals surface area contributed by atoms with Crippen molar-refractivity contribution >= 4 is 5.97 Å². The zero-order valence-electron chi connectivity index (χ0n) is 4.43. The minimum atomic E-state index is -1.05. The summed E-state index contributed by atoms with van der Waals surface area (Å²) in [6, 6.07) is 0. The van der Waals surface area contributed by atoms with Crippen LogP contribution in [0.4, 0.5) is 0 Å². The Labute approximate surface area is 51.8 Å². The largest absolute Gasteiger partial charge is 0.477 e. The van der Waals surface area contributed by atoms with E-state index in [9.17, 15) is 4.79 Å². The highest BCUT2D eigenvalue weighted by Crippen LogP contribution is 1.90. The molecule has 0 unspecified atom stereocenters. The average molecular weight is 118 g/mol. The van der Waals surface area contributed by atoms with Crippen LogP contribution in [0.25, 0.3) is 0 Å². The third-order valence-corrected chi connectivity index (χ3v) is 0.753. The molecule has 0 bridgehead atoms. The van der Waals surface area contributed by atoms with Crippen LogP contribution in [0, 0.1) is 11.8 Å². The molecule has 0 fully saturated rings. The maximum atomic E-state index is 10.1. The molecule has 9 heavy (non-hydrogen) atoms. The number of hydrogen-bond acceptors (Lipinski definition) is 1. The first-order valence-corrected chi connectivity index (χ1v) is 2.26. The fraction of sp³-hybridized carbons (Fsp3) is 0. The molecule has 0 aromatic carbocycles. The Bertz CT molecular complexity index is 300. The topological polar surface area (TPSA) is 37.3 Å². The van der Waals surface area contributed by atoms with Gasteiger partial charge in [0.2, 0.25) is 0 Å². The lowest BCUT2D eigenvalue weighted by atomic mass is 10.2. The molecule has 1 aliphatic rings. The summed E-state index contributed by atoms with van der Waals surface area (Å²) in [5.74, 6) is 3.75. The third-order valence-electron chi connectivity index (χ3n) is 0.753. The molecular formula is C7H2O2. The first-order chi connectivity index (χ1) is 4.30. The highest BCUT2D eigenvalue weighted by molar-refractivity contribution is 5.91.